The smallest absolute Gasteiger partial charge is 0.122 e. The van der Waals surface area contributed by atoms with Crippen LogP contribution < -0.4 is 10.0 Å². The second-order valence-electron chi connectivity index (χ2n) is 6.51. The van der Waals surface area contributed by atoms with Gasteiger partial charge in [-0.05, 0) is 63.5 Å². The van der Waals surface area contributed by atoms with Crippen molar-refractivity contribution in [1.29, 1.82) is 0 Å². The Hall–Kier alpha value is 0.402. The molecular weight excluding hydrogens is 405 g/mol. The number of methoxy groups -OCH3 is 1. The van der Waals surface area contributed by atoms with Crippen molar-refractivity contribution in [2.75, 3.05) is 7.11 Å². The van der Waals surface area contributed by atoms with Gasteiger partial charge in [0.25, 0.3) is 0 Å². The molecule has 0 aromatic heterocycles. The topological polar surface area (TPSA) is 9.23 Å². The molecule has 0 aliphatic heterocycles. The first-order valence-corrected chi connectivity index (χ1v) is 10.7. The van der Waals surface area contributed by atoms with Crippen molar-refractivity contribution in [2.24, 2.45) is 0 Å². The summed E-state index contributed by atoms with van der Waals surface area (Å²) in [6, 6.07) is 8.78. The first-order valence-electron chi connectivity index (χ1n) is 8.28. The summed E-state index contributed by atoms with van der Waals surface area (Å²) in [5, 5.41) is 1.48. The maximum atomic E-state index is 6.60. The predicted octanol–water partition coefficient (Wildman–Crippen LogP) is 5.58. The van der Waals surface area contributed by atoms with E-state index in [2.05, 4.69) is 29.9 Å². The molecule has 0 saturated heterocycles. The summed E-state index contributed by atoms with van der Waals surface area (Å²) in [7, 11) is 0.354. The van der Waals surface area contributed by atoms with Crippen LogP contribution in [0.3, 0.4) is 0 Å². The first-order chi connectivity index (χ1) is 10.3. The molecule has 0 bridgehead atoms. The SMILES string of the molecule is COc1cccc([P+]([CH-]Cl)(C2CCCC2)C2CCCC2)c1.[Pd]. The number of ether oxygens (including phenoxy) is 1. The van der Waals surface area contributed by atoms with Crippen LogP contribution in [0.2, 0.25) is 0 Å². The summed E-state index contributed by atoms with van der Waals surface area (Å²) in [5.74, 6) is 0.978. The van der Waals surface area contributed by atoms with Crippen LogP contribution in [0.25, 0.3) is 0 Å². The van der Waals surface area contributed by atoms with Gasteiger partial charge in [-0.3, -0.25) is 0 Å². The van der Waals surface area contributed by atoms with Gasteiger partial charge in [0.1, 0.15) is 5.75 Å². The normalized spacial score (nSPS) is 20.1. The number of rotatable bonds is 5. The molecule has 1 aromatic carbocycles. The molecule has 2 aliphatic carbocycles. The van der Waals surface area contributed by atoms with Crippen LogP contribution in [0.15, 0.2) is 24.3 Å². The van der Waals surface area contributed by atoms with Crippen LogP contribution in [0.1, 0.15) is 51.4 Å². The fourth-order valence-corrected chi connectivity index (χ4v) is 10.7. The number of benzene rings is 1. The van der Waals surface area contributed by atoms with E-state index in [-0.39, 0.29) is 20.4 Å². The van der Waals surface area contributed by atoms with Gasteiger partial charge in [-0.2, -0.15) is 0 Å². The van der Waals surface area contributed by atoms with E-state index in [9.17, 15) is 0 Å². The summed E-state index contributed by atoms with van der Waals surface area (Å²) in [6.45, 7) is 0. The molecule has 0 unspecified atom stereocenters. The van der Waals surface area contributed by atoms with Gasteiger partial charge < -0.3 is 16.3 Å². The van der Waals surface area contributed by atoms with Crippen LogP contribution in [-0.4, -0.2) is 18.4 Å². The first kappa shape index (κ1) is 18.7. The van der Waals surface area contributed by atoms with E-state index in [4.69, 9.17) is 16.3 Å². The molecule has 0 spiro atoms. The molecule has 2 fully saturated rings. The summed E-state index contributed by atoms with van der Waals surface area (Å²) >= 11 is 6.60. The Labute approximate surface area is 154 Å². The molecule has 126 valence electrons. The van der Waals surface area contributed by atoms with Crippen LogP contribution in [0, 0.1) is 5.62 Å². The van der Waals surface area contributed by atoms with Crippen molar-refractivity contribution in [3.8, 4) is 5.75 Å². The molecule has 22 heavy (non-hydrogen) atoms. The Kier molecular flexibility index (Phi) is 7.23. The Bertz CT molecular complexity index is 454. The average Bonchev–Trinajstić information content (AvgIpc) is 3.23. The zero-order valence-corrected chi connectivity index (χ0v) is 16.5. The van der Waals surface area contributed by atoms with Crippen LogP contribution >= 0.6 is 18.9 Å². The largest absolute Gasteiger partial charge is 0.497 e. The van der Waals surface area contributed by atoms with Gasteiger partial charge in [0.15, 0.2) is 0 Å². The van der Waals surface area contributed by atoms with E-state index in [1.54, 1.807) is 7.11 Å². The maximum absolute atomic E-state index is 6.60. The van der Waals surface area contributed by atoms with Gasteiger partial charge in [0, 0.05) is 37.8 Å². The minimum atomic E-state index is -1.40. The van der Waals surface area contributed by atoms with E-state index >= 15 is 0 Å². The number of hydrogen-bond acceptors (Lipinski definition) is 1. The van der Waals surface area contributed by atoms with Crippen molar-refractivity contribution in [1.82, 2.24) is 0 Å². The molecule has 2 aliphatic rings. The number of halogens is 1. The molecule has 0 radical (unpaired) electrons. The monoisotopic (exact) mass is 430 g/mol. The fraction of sp³-hybridized carbons (Fsp3) is 0.611. The third-order valence-electron chi connectivity index (χ3n) is 5.52. The molecule has 0 amide bonds. The Morgan fingerprint density at radius 2 is 1.59 bits per heavy atom. The van der Waals surface area contributed by atoms with Gasteiger partial charge in [0.2, 0.25) is 0 Å². The minimum Gasteiger partial charge on any atom is -0.497 e. The Morgan fingerprint density at radius 3 is 2.05 bits per heavy atom. The molecule has 3 rings (SSSR count). The van der Waals surface area contributed by atoms with Crippen molar-refractivity contribution in [3.05, 3.63) is 29.9 Å². The minimum absolute atomic E-state index is 0. The summed E-state index contributed by atoms with van der Waals surface area (Å²) in [5.41, 5.74) is 3.75. The zero-order valence-electron chi connectivity index (χ0n) is 13.2. The molecule has 1 nitrogen and oxygen atoms in total. The van der Waals surface area contributed by atoms with E-state index in [0.29, 0.717) is 0 Å². The quantitative estimate of drug-likeness (QED) is 0.336. The third-order valence-corrected chi connectivity index (χ3v) is 11.4. The summed E-state index contributed by atoms with van der Waals surface area (Å²) in [4.78, 5) is 0. The van der Waals surface area contributed by atoms with Gasteiger partial charge in [-0.25, -0.2) is 0 Å². The molecular formula is C18H26ClOPPd. The zero-order chi connectivity index (χ0) is 14.7. The van der Waals surface area contributed by atoms with E-state index < -0.39 is 7.26 Å². The summed E-state index contributed by atoms with van der Waals surface area (Å²) in [6.07, 6.45) is 11.0. The van der Waals surface area contributed by atoms with Crippen molar-refractivity contribution < 1.29 is 25.2 Å². The molecule has 0 atom stereocenters. The average molecular weight is 431 g/mol. The van der Waals surface area contributed by atoms with Gasteiger partial charge in [-0.15, -0.1) is 0 Å². The predicted molar refractivity (Wildman–Crippen MR) is 94.2 cm³/mol. The second kappa shape index (κ2) is 8.49. The molecule has 0 N–H and O–H groups in total. The van der Waals surface area contributed by atoms with Crippen LogP contribution in [0.5, 0.6) is 5.75 Å². The molecule has 1 aromatic rings. The van der Waals surface area contributed by atoms with Gasteiger partial charge in [-0.1, -0.05) is 18.9 Å². The standard InChI is InChI=1S/C18H26ClOP.Pd/c1-20-15-7-6-12-18(13-15)21(14-19,16-8-2-3-9-16)17-10-4-5-11-17;/h6-7,12-14,16-17H,2-5,8-11H2,1H3;. The van der Waals surface area contributed by atoms with E-state index in [0.717, 1.165) is 17.1 Å². The van der Waals surface area contributed by atoms with Crippen LogP contribution in [-0.2, 0) is 20.4 Å². The fourth-order valence-electron chi connectivity index (χ4n) is 4.45. The van der Waals surface area contributed by atoms with Crippen LogP contribution in [0.4, 0.5) is 0 Å². The second-order valence-corrected chi connectivity index (χ2v) is 10.9. The summed E-state index contributed by atoms with van der Waals surface area (Å²) < 4.78 is 5.48. The van der Waals surface area contributed by atoms with Gasteiger partial charge >= 0.3 is 0 Å². The molecule has 2 saturated carbocycles. The third kappa shape index (κ3) is 3.42. The number of hydrogen-bond donors (Lipinski definition) is 0. The van der Waals surface area contributed by atoms with E-state index in [1.807, 2.05) is 0 Å². The molecule has 4 heteroatoms. The van der Waals surface area contributed by atoms with E-state index in [1.165, 1.54) is 56.7 Å². The Morgan fingerprint density at radius 1 is 1.05 bits per heavy atom. The maximum Gasteiger partial charge on any atom is 0.122 e. The molecule has 0 heterocycles. The van der Waals surface area contributed by atoms with Crippen molar-refractivity contribution in [3.63, 3.8) is 0 Å². The Balaban J connectivity index is 0.00000176. The van der Waals surface area contributed by atoms with Crippen molar-refractivity contribution in [2.45, 2.75) is 62.7 Å². The van der Waals surface area contributed by atoms with Gasteiger partial charge in [0.05, 0.1) is 12.4 Å². The van der Waals surface area contributed by atoms with Crippen molar-refractivity contribution >= 4 is 24.2 Å².